The molecule has 1 unspecified atom stereocenters. The van der Waals surface area contributed by atoms with Gasteiger partial charge in [-0.2, -0.15) is 13.2 Å². The third-order valence-corrected chi connectivity index (χ3v) is 4.31. The minimum atomic E-state index is -4.29. The van der Waals surface area contributed by atoms with Gasteiger partial charge in [-0.15, -0.1) is 0 Å². The van der Waals surface area contributed by atoms with E-state index < -0.39 is 17.7 Å². The Kier molecular flexibility index (Phi) is 10.8. The summed E-state index contributed by atoms with van der Waals surface area (Å²) in [4.78, 5) is 10.8. The van der Waals surface area contributed by atoms with Gasteiger partial charge in [0.25, 0.3) is 0 Å². The van der Waals surface area contributed by atoms with Crippen molar-refractivity contribution in [2.24, 2.45) is 0 Å². The summed E-state index contributed by atoms with van der Waals surface area (Å²) in [5, 5.41) is 20.5. The van der Waals surface area contributed by atoms with Crippen LogP contribution >= 0.6 is 0 Å². The van der Waals surface area contributed by atoms with Crippen molar-refractivity contribution in [2.45, 2.75) is 25.6 Å². The molecule has 2 rings (SSSR count). The second-order valence-corrected chi connectivity index (χ2v) is 6.70. The third kappa shape index (κ3) is 8.27. The SMILES string of the molecule is CC(Cc1cccc(C(F)(F)F)c1)NCCO.COc1cc(C(=O)O)cc(OC)c1OC. The fraction of sp³-hybridized carbons (Fsp3) is 0.409. The number of carboxylic acid groups (broad SMARTS) is 1. The number of alkyl halides is 3. The maximum absolute atomic E-state index is 12.5. The highest BCUT2D eigenvalue weighted by atomic mass is 19.4. The third-order valence-electron chi connectivity index (χ3n) is 4.31. The molecule has 0 bridgehead atoms. The number of aliphatic hydroxyl groups is 1. The van der Waals surface area contributed by atoms with Crippen LogP contribution < -0.4 is 19.5 Å². The van der Waals surface area contributed by atoms with Crippen molar-refractivity contribution in [1.82, 2.24) is 5.32 Å². The van der Waals surface area contributed by atoms with Gasteiger partial charge in [-0.25, -0.2) is 4.79 Å². The van der Waals surface area contributed by atoms with E-state index in [0.29, 0.717) is 35.8 Å². The zero-order valence-corrected chi connectivity index (χ0v) is 18.3. The molecule has 0 amide bonds. The second-order valence-electron chi connectivity index (χ2n) is 6.70. The van der Waals surface area contributed by atoms with E-state index in [4.69, 9.17) is 24.4 Å². The predicted molar refractivity (Wildman–Crippen MR) is 113 cm³/mol. The van der Waals surface area contributed by atoms with Crippen molar-refractivity contribution in [2.75, 3.05) is 34.5 Å². The van der Waals surface area contributed by atoms with Gasteiger partial charge >= 0.3 is 12.1 Å². The summed E-state index contributed by atoms with van der Waals surface area (Å²) in [6, 6.07) is 8.11. The molecule has 3 N–H and O–H groups in total. The highest BCUT2D eigenvalue weighted by Gasteiger charge is 2.30. The number of methoxy groups -OCH3 is 3. The molecule has 0 saturated heterocycles. The number of carboxylic acids is 1. The van der Waals surface area contributed by atoms with Crippen LogP contribution in [0.4, 0.5) is 13.2 Å². The Morgan fingerprint density at radius 3 is 2.09 bits per heavy atom. The Morgan fingerprint density at radius 2 is 1.66 bits per heavy atom. The second kappa shape index (κ2) is 12.8. The number of nitrogens with one attached hydrogen (secondary N) is 1. The van der Waals surface area contributed by atoms with E-state index in [-0.39, 0.29) is 18.2 Å². The lowest BCUT2D eigenvalue weighted by molar-refractivity contribution is -0.137. The first kappa shape index (κ1) is 27.1. The zero-order valence-electron chi connectivity index (χ0n) is 18.3. The molecule has 0 heterocycles. The molecular formula is C22H28F3NO6. The summed E-state index contributed by atoms with van der Waals surface area (Å²) in [6.45, 7) is 2.34. The van der Waals surface area contributed by atoms with Crippen LogP contribution in [0.25, 0.3) is 0 Å². The Hall–Kier alpha value is -2.98. The van der Waals surface area contributed by atoms with Gasteiger partial charge in [-0.05, 0) is 37.1 Å². The number of benzene rings is 2. The summed E-state index contributed by atoms with van der Waals surface area (Å²) < 4.78 is 52.4. The molecule has 0 aliphatic carbocycles. The van der Waals surface area contributed by atoms with E-state index >= 15 is 0 Å². The largest absolute Gasteiger partial charge is 0.493 e. The van der Waals surface area contributed by atoms with Gasteiger partial charge in [-0.1, -0.05) is 18.2 Å². The van der Waals surface area contributed by atoms with Crippen LogP contribution in [0, 0.1) is 0 Å². The molecule has 2 aromatic rings. The highest BCUT2D eigenvalue weighted by Crippen LogP contribution is 2.38. The molecule has 178 valence electrons. The maximum atomic E-state index is 12.5. The van der Waals surface area contributed by atoms with Crippen LogP contribution in [0.1, 0.15) is 28.4 Å². The topological polar surface area (TPSA) is 97.2 Å². The Bertz CT molecular complexity index is 848. The molecule has 32 heavy (non-hydrogen) atoms. The van der Waals surface area contributed by atoms with E-state index in [1.807, 2.05) is 6.92 Å². The maximum Gasteiger partial charge on any atom is 0.416 e. The van der Waals surface area contributed by atoms with Gasteiger partial charge in [0.15, 0.2) is 11.5 Å². The van der Waals surface area contributed by atoms with E-state index in [9.17, 15) is 18.0 Å². The Balaban J connectivity index is 0.000000323. The number of aliphatic hydroxyl groups excluding tert-OH is 1. The van der Waals surface area contributed by atoms with E-state index in [0.717, 1.165) is 12.1 Å². The molecule has 0 aliphatic rings. The molecule has 0 aliphatic heterocycles. The molecule has 0 spiro atoms. The van der Waals surface area contributed by atoms with Gasteiger partial charge in [-0.3, -0.25) is 0 Å². The molecule has 0 aromatic heterocycles. The van der Waals surface area contributed by atoms with Crippen molar-refractivity contribution in [3.8, 4) is 17.2 Å². The predicted octanol–water partition coefficient (Wildman–Crippen LogP) is 3.63. The number of hydrogen-bond donors (Lipinski definition) is 3. The fourth-order valence-corrected chi connectivity index (χ4v) is 2.82. The lowest BCUT2D eigenvalue weighted by Crippen LogP contribution is -2.30. The average Bonchev–Trinajstić information content (AvgIpc) is 2.76. The van der Waals surface area contributed by atoms with Crippen LogP contribution in [-0.2, 0) is 12.6 Å². The summed E-state index contributed by atoms with van der Waals surface area (Å²) in [5.41, 5.74) is 0.103. The number of hydrogen-bond acceptors (Lipinski definition) is 6. The Labute approximate surface area is 184 Å². The zero-order chi connectivity index (χ0) is 24.3. The highest BCUT2D eigenvalue weighted by molar-refractivity contribution is 5.89. The van der Waals surface area contributed by atoms with Crippen LogP contribution in [0.5, 0.6) is 17.2 Å². The smallest absolute Gasteiger partial charge is 0.416 e. The van der Waals surface area contributed by atoms with Crippen LogP contribution in [0.2, 0.25) is 0 Å². The van der Waals surface area contributed by atoms with E-state index in [1.165, 1.54) is 39.5 Å². The van der Waals surface area contributed by atoms with Gasteiger partial charge in [0, 0.05) is 12.6 Å². The molecule has 2 aromatic carbocycles. The standard InChI is InChI=1S/C12H16F3NO.C10H12O5/c1-9(16-5-6-17)7-10-3-2-4-11(8-10)12(13,14)15;1-13-7-4-6(10(11)12)5-8(14-2)9(7)15-3/h2-4,8-9,16-17H,5-7H2,1H3;4-5H,1-3H3,(H,11,12). The Morgan fingerprint density at radius 1 is 1.06 bits per heavy atom. The number of carbonyl (C=O) groups is 1. The molecule has 0 saturated carbocycles. The molecular weight excluding hydrogens is 431 g/mol. The van der Waals surface area contributed by atoms with E-state index in [2.05, 4.69) is 5.32 Å². The quantitative estimate of drug-likeness (QED) is 0.527. The van der Waals surface area contributed by atoms with Crippen molar-refractivity contribution in [3.63, 3.8) is 0 Å². The lowest BCUT2D eigenvalue weighted by Gasteiger charge is -2.14. The molecule has 0 radical (unpaired) electrons. The number of rotatable bonds is 9. The van der Waals surface area contributed by atoms with Crippen LogP contribution in [0.3, 0.4) is 0 Å². The summed E-state index contributed by atoms with van der Waals surface area (Å²) in [5.74, 6) is -0.0113. The van der Waals surface area contributed by atoms with Gasteiger partial charge in [0.05, 0.1) is 39.1 Å². The number of ether oxygens (including phenoxy) is 3. The van der Waals surface area contributed by atoms with Crippen molar-refractivity contribution >= 4 is 5.97 Å². The van der Waals surface area contributed by atoms with Crippen LogP contribution in [0.15, 0.2) is 36.4 Å². The minimum absolute atomic E-state index is 0.0208. The molecule has 0 fully saturated rings. The van der Waals surface area contributed by atoms with E-state index in [1.54, 1.807) is 6.07 Å². The van der Waals surface area contributed by atoms with Crippen molar-refractivity contribution in [3.05, 3.63) is 53.1 Å². The normalized spacial score (nSPS) is 11.8. The van der Waals surface area contributed by atoms with Crippen molar-refractivity contribution < 1.29 is 42.4 Å². The monoisotopic (exact) mass is 459 g/mol. The fourth-order valence-electron chi connectivity index (χ4n) is 2.82. The van der Waals surface area contributed by atoms with Crippen molar-refractivity contribution in [1.29, 1.82) is 0 Å². The lowest BCUT2D eigenvalue weighted by atomic mass is 10.0. The molecule has 1 atom stereocenters. The number of halogens is 3. The first-order valence-corrected chi connectivity index (χ1v) is 9.61. The summed E-state index contributed by atoms with van der Waals surface area (Å²) in [6.07, 6.45) is -3.79. The van der Waals surface area contributed by atoms with Gasteiger partial charge < -0.3 is 29.7 Å². The summed E-state index contributed by atoms with van der Waals surface area (Å²) in [7, 11) is 4.33. The average molecular weight is 459 g/mol. The minimum Gasteiger partial charge on any atom is -0.493 e. The molecule has 7 nitrogen and oxygen atoms in total. The van der Waals surface area contributed by atoms with Gasteiger partial charge in [0.2, 0.25) is 5.75 Å². The first-order chi connectivity index (χ1) is 15.1. The summed E-state index contributed by atoms with van der Waals surface area (Å²) >= 11 is 0. The van der Waals surface area contributed by atoms with Gasteiger partial charge in [0.1, 0.15) is 0 Å². The molecule has 10 heteroatoms. The first-order valence-electron chi connectivity index (χ1n) is 9.61. The van der Waals surface area contributed by atoms with Crippen LogP contribution in [-0.4, -0.2) is 56.7 Å². The number of aromatic carboxylic acids is 1.